The number of nitrogens with one attached hydrogen (secondary N) is 1. The van der Waals surface area contributed by atoms with Crippen LogP contribution in [0, 0.1) is 0 Å². The van der Waals surface area contributed by atoms with Gasteiger partial charge in [0.25, 0.3) is 0 Å². The van der Waals surface area contributed by atoms with E-state index in [0.29, 0.717) is 30.4 Å². The first-order valence-electron chi connectivity index (χ1n) is 11.3. The van der Waals surface area contributed by atoms with Crippen LogP contribution in [0.3, 0.4) is 0 Å². The molecule has 1 fully saturated rings. The van der Waals surface area contributed by atoms with Crippen molar-refractivity contribution in [3.8, 4) is 5.75 Å². The third-order valence-corrected chi connectivity index (χ3v) is 6.22. The van der Waals surface area contributed by atoms with E-state index in [4.69, 9.17) is 9.47 Å². The Balaban J connectivity index is 1.33. The Morgan fingerprint density at radius 3 is 2.61 bits per heavy atom. The number of ether oxygens (including phenoxy) is 2. The lowest BCUT2D eigenvalue weighted by Crippen LogP contribution is -2.29. The van der Waals surface area contributed by atoms with Gasteiger partial charge in [0.15, 0.2) is 6.61 Å². The van der Waals surface area contributed by atoms with E-state index >= 15 is 0 Å². The summed E-state index contributed by atoms with van der Waals surface area (Å²) in [6, 6.07) is 24.2. The first-order valence-corrected chi connectivity index (χ1v) is 11.3. The molecule has 4 heteroatoms. The third kappa shape index (κ3) is 5.26. The number of carbonyl (C=O) groups excluding carboxylic acids is 1. The van der Waals surface area contributed by atoms with Crippen LogP contribution in [0.1, 0.15) is 56.2 Å². The monoisotopic (exact) mass is 417 g/mol. The number of esters is 1. The molecule has 0 bridgehead atoms. The summed E-state index contributed by atoms with van der Waals surface area (Å²) in [5.41, 5.74) is 2.70. The normalized spacial score (nSPS) is 19.3. The Kier molecular flexibility index (Phi) is 6.88. The number of hydrogen-bond acceptors (Lipinski definition) is 4. The summed E-state index contributed by atoms with van der Waals surface area (Å²) in [5.74, 6) is 0.918. The van der Waals surface area contributed by atoms with E-state index in [2.05, 4.69) is 66.8 Å². The van der Waals surface area contributed by atoms with E-state index in [0.717, 1.165) is 6.42 Å². The van der Waals surface area contributed by atoms with Crippen LogP contribution in [0.2, 0.25) is 0 Å². The molecule has 1 unspecified atom stereocenters. The van der Waals surface area contributed by atoms with Crippen molar-refractivity contribution in [2.24, 2.45) is 0 Å². The first kappa shape index (κ1) is 21.4. The highest BCUT2D eigenvalue weighted by atomic mass is 16.6. The van der Waals surface area contributed by atoms with Crippen LogP contribution in [-0.4, -0.2) is 25.2 Å². The van der Waals surface area contributed by atoms with Crippen molar-refractivity contribution in [1.82, 2.24) is 5.32 Å². The van der Waals surface area contributed by atoms with Gasteiger partial charge in [-0.15, -0.1) is 0 Å². The van der Waals surface area contributed by atoms with Gasteiger partial charge < -0.3 is 14.8 Å². The van der Waals surface area contributed by atoms with Crippen molar-refractivity contribution >= 4 is 16.7 Å². The maximum Gasteiger partial charge on any atom is 0.344 e. The van der Waals surface area contributed by atoms with E-state index in [-0.39, 0.29) is 12.6 Å². The highest BCUT2D eigenvalue weighted by Gasteiger charge is 2.27. The minimum absolute atomic E-state index is 0.0470. The summed E-state index contributed by atoms with van der Waals surface area (Å²) < 4.78 is 10.4. The van der Waals surface area contributed by atoms with E-state index in [9.17, 15) is 4.79 Å². The average molecular weight is 418 g/mol. The van der Waals surface area contributed by atoms with Crippen molar-refractivity contribution < 1.29 is 14.3 Å². The molecule has 31 heavy (non-hydrogen) atoms. The van der Waals surface area contributed by atoms with Gasteiger partial charge in [-0.2, -0.15) is 0 Å². The largest absolute Gasteiger partial charge is 0.482 e. The predicted octanol–water partition coefficient (Wildman–Crippen LogP) is 5.77. The van der Waals surface area contributed by atoms with Gasteiger partial charge in [0, 0.05) is 12.1 Å². The number of benzene rings is 3. The van der Waals surface area contributed by atoms with E-state index < -0.39 is 0 Å². The van der Waals surface area contributed by atoms with Crippen molar-refractivity contribution in [2.45, 2.75) is 51.1 Å². The quantitative estimate of drug-likeness (QED) is 0.473. The molecule has 162 valence electrons. The first-order chi connectivity index (χ1) is 15.1. The molecule has 3 aromatic rings. The van der Waals surface area contributed by atoms with E-state index in [1.54, 1.807) is 6.92 Å². The van der Waals surface area contributed by atoms with E-state index in [1.807, 2.05) is 12.1 Å². The Morgan fingerprint density at radius 1 is 1.03 bits per heavy atom. The van der Waals surface area contributed by atoms with Crippen molar-refractivity contribution in [3.05, 3.63) is 77.9 Å². The summed E-state index contributed by atoms with van der Waals surface area (Å²) in [7, 11) is 0. The molecule has 3 aromatic carbocycles. The van der Waals surface area contributed by atoms with Crippen LogP contribution in [-0.2, 0) is 9.53 Å². The fraction of sp³-hybridized carbons (Fsp3) is 0.370. The molecule has 4 rings (SSSR count). The number of fused-ring (bicyclic) bond motifs is 1. The molecule has 3 atom stereocenters. The summed E-state index contributed by atoms with van der Waals surface area (Å²) in [5, 5.41) is 6.49. The molecule has 0 saturated heterocycles. The highest BCUT2D eigenvalue weighted by molar-refractivity contribution is 5.86. The molecule has 1 aliphatic rings. The molecule has 1 N–H and O–H groups in total. The van der Waals surface area contributed by atoms with Gasteiger partial charge in [0.05, 0.1) is 6.61 Å². The molecular formula is C27H31NO3. The molecule has 1 aliphatic carbocycles. The Morgan fingerprint density at radius 2 is 1.81 bits per heavy atom. The topological polar surface area (TPSA) is 47.6 Å². The zero-order valence-electron chi connectivity index (χ0n) is 18.3. The molecule has 0 radical (unpaired) electrons. The van der Waals surface area contributed by atoms with Gasteiger partial charge in [0.2, 0.25) is 0 Å². The van der Waals surface area contributed by atoms with Crippen molar-refractivity contribution in [3.63, 3.8) is 0 Å². The Labute approximate surface area is 184 Å². The maximum atomic E-state index is 11.4. The second kappa shape index (κ2) is 9.97. The molecule has 0 aromatic heterocycles. The molecule has 4 nitrogen and oxygen atoms in total. The van der Waals surface area contributed by atoms with Crippen molar-refractivity contribution in [2.75, 3.05) is 13.2 Å². The standard InChI is InChI=1S/C27H31NO3/c1-3-30-27(29)18-31-24-15-12-20(13-16-24)22-11-14-23(17-22)28-19(2)25-10-6-8-21-7-4-5-9-26(21)25/h4-10,12-13,15-16,19,22-23,28H,3,11,14,17-18H2,1-2H3/t19?,22-,23-/m1/s1. The number of hydrogen-bond donors (Lipinski definition) is 1. The SMILES string of the molecule is CCOC(=O)COc1ccc([C@@H]2CC[C@@H](NC(C)c3cccc4ccccc34)C2)cc1. The molecule has 0 aliphatic heterocycles. The van der Waals surface area contributed by atoms with Crippen LogP contribution >= 0.6 is 0 Å². The zero-order chi connectivity index (χ0) is 21.6. The lowest BCUT2D eigenvalue weighted by molar-refractivity contribution is -0.145. The van der Waals surface area contributed by atoms with Gasteiger partial charge in [-0.05, 0) is 73.1 Å². The molecule has 0 spiro atoms. The van der Waals surface area contributed by atoms with Gasteiger partial charge in [0.1, 0.15) is 5.75 Å². The average Bonchev–Trinajstić information content (AvgIpc) is 3.26. The highest BCUT2D eigenvalue weighted by Crippen LogP contribution is 2.36. The van der Waals surface area contributed by atoms with Gasteiger partial charge in [-0.3, -0.25) is 0 Å². The molecule has 0 heterocycles. The lowest BCUT2D eigenvalue weighted by Gasteiger charge is -2.21. The van der Waals surface area contributed by atoms with Gasteiger partial charge in [-0.25, -0.2) is 4.79 Å². The fourth-order valence-corrected chi connectivity index (χ4v) is 4.69. The summed E-state index contributed by atoms with van der Waals surface area (Å²) in [6.07, 6.45) is 3.50. The molecule has 1 saturated carbocycles. The van der Waals surface area contributed by atoms with Gasteiger partial charge >= 0.3 is 5.97 Å². The van der Waals surface area contributed by atoms with Crippen LogP contribution < -0.4 is 10.1 Å². The second-order valence-corrected chi connectivity index (χ2v) is 8.33. The second-order valence-electron chi connectivity index (χ2n) is 8.33. The van der Waals surface area contributed by atoms with Crippen LogP contribution in [0.25, 0.3) is 10.8 Å². The number of rotatable bonds is 8. The van der Waals surface area contributed by atoms with E-state index in [1.165, 1.54) is 34.7 Å². The summed E-state index contributed by atoms with van der Waals surface area (Å²) >= 11 is 0. The zero-order valence-corrected chi connectivity index (χ0v) is 18.3. The van der Waals surface area contributed by atoms with Crippen LogP contribution in [0.15, 0.2) is 66.7 Å². The lowest BCUT2D eigenvalue weighted by atomic mass is 9.96. The fourth-order valence-electron chi connectivity index (χ4n) is 4.69. The van der Waals surface area contributed by atoms with Crippen molar-refractivity contribution in [1.29, 1.82) is 0 Å². The van der Waals surface area contributed by atoms with Gasteiger partial charge in [-0.1, -0.05) is 54.6 Å². The minimum Gasteiger partial charge on any atom is -0.482 e. The molecular weight excluding hydrogens is 386 g/mol. The smallest absolute Gasteiger partial charge is 0.344 e. The Hall–Kier alpha value is -2.85. The Bertz CT molecular complexity index is 1010. The predicted molar refractivity (Wildman–Crippen MR) is 124 cm³/mol. The minimum atomic E-state index is -0.336. The van der Waals surface area contributed by atoms with Crippen LogP contribution in [0.5, 0.6) is 5.75 Å². The summed E-state index contributed by atoms with van der Waals surface area (Å²) in [4.78, 5) is 11.4. The summed E-state index contributed by atoms with van der Waals surface area (Å²) in [6.45, 7) is 4.38. The third-order valence-electron chi connectivity index (χ3n) is 6.22. The molecule has 0 amide bonds. The number of carbonyl (C=O) groups is 1. The maximum absolute atomic E-state index is 11.4. The van der Waals surface area contributed by atoms with Crippen LogP contribution in [0.4, 0.5) is 0 Å².